The molecule has 0 saturated heterocycles. The van der Waals surface area contributed by atoms with E-state index >= 15 is 0 Å². The van der Waals surface area contributed by atoms with Crippen LogP contribution < -0.4 is 5.32 Å². The third-order valence-corrected chi connectivity index (χ3v) is 3.37. The van der Waals surface area contributed by atoms with Crippen molar-refractivity contribution in [1.29, 1.82) is 0 Å². The highest BCUT2D eigenvalue weighted by Gasteiger charge is 2.03. The maximum Gasteiger partial charge on any atom is 0.147 e. The Labute approximate surface area is 99.8 Å². The molecule has 1 aromatic rings. The number of nitrogens with one attached hydrogen (secondary N) is 1. The zero-order valence-corrected chi connectivity index (χ0v) is 11.1. The Kier molecular flexibility index (Phi) is 5.02. The van der Waals surface area contributed by atoms with Crippen molar-refractivity contribution in [3.8, 4) is 0 Å². The highest BCUT2D eigenvalue weighted by molar-refractivity contribution is 9.09. The number of aromatic nitrogens is 2. The van der Waals surface area contributed by atoms with Crippen molar-refractivity contribution < 1.29 is 0 Å². The second-order valence-corrected chi connectivity index (χ2v) is 4.96. The Morgan fingerprint density at radius 3 is 2.87 bits per heavy atom. The van der Waals surface area contributed by atoms with Crippen molar-refractivity contribution in [2.45, 2.75) is 38.4 Å². The first-order chi connectivity index (χ1) is 7.13. The average molecular weight is 272 g/mol. The fourth-order valence-electron chi connectivity index (χ4n) is 1.26. The fraction of sp³-hybridized carbons (Fsp3) is 0.636. The largest absolute Gasteiger partial charge is 0.369 e. The van der Waals surface area contributed by atoms with Crippen molar-refractivity contribution in [3.63, 3.8) is 0 Å². The molecule has 0 bridgehead atoms. The number of alkyl halides is 1. The van der Waals surface area contributed by atoms with E-state index in [0.29, 0.717) is 4.83 Å². The molecule has 1 rings (SSSR count). The summed E-state index contributed by atoms with van der Waals surface area (Å²) in [6, 6.07) is 0. The maximum absolute atomic E-state index is 4.41. The Morgan fingerprint density at radius 1 is 1.47 bits per heavy atom. The molecule has 3 nitrogen and oxygen atoms in total. The molecule has 1 heterocycles. The summed E-state index contributed by atoms with van der Waals surface area (Å²) in [6.07, 6.45) is 4.05. The van der Waals surface area contributed by atoms with Crippen LogP contribution in [0.3, 0.4) is 0 Å². The molecule has 0 amide bonds. The lowest BCUT2D eigenvalue weighted by molar-refractivity contribution is 0.771. The van der Waals surface area contributed by atoms with Crippen LogP contribution in [-0.2, 0) is 0 Å². The number of nitrogens with zero attached hydrogens (tertiary/aromatic N) is 2. The minimum absolute atomic E-state index is 0.586. The van der Waals surface area contributed by atoms with Crippen LogP contribution in [0.5, 0.6) is 0 Å². The quantitative estimate of drug-likeness (QED) is 0.837. The van der Waals surface area contributed by atoms with Gasteiger partial charge in [-0.1, -0.05) is 22.9 Å². The van der Waals surface area contributed by atoms with Crippen LogP contribution in [-0.4, -0.2) is 21.3 Å². The van der Waals surface area contributed by atoms with E-state index in [2.05, 4.69) is 38.1 Å². The maximum atomic E-state index is 4.41. The van der Waals surface area contributed by atoms with Crippen molar-refractivity contribution in [1.82, 2.24) is 9.97 Å². The SMILES string of the molecule is CCC(Br)CCNc1nc(C)cnc1C. The van der Waals surface area contributed by atoms with Crippen LogP contribution in [0.1, 0.15) is 31.2 Å². The number of halogens is 1. The molecule has 0 aliphatic rings. The lowest BCUT2D eigenvalue weighted by Crippen LogP contribution is -2.10. The Balaban J connectivity index is 2.46. The monoisotopic (exact) mass is 271 g/mol. The van der Waals surface area contributed by atoms with Crippen molar-refractivity contribution in [2.75, 3.05) is 11.9 Å². The molecule has 15 heavy (non-hydrogen) atoms. The number of rotatable bonds is 5. The predicted octanol–water partition coefficient (Wildman–Crippen LogP) is 3.07. The van der Waals surface area contributed by atoms with E-state index in [9.17, 15) is 0 Å². The van der Waals surface area contributed by atoms with Gasteiger partial charge in [-0.3, -0.25) is 4.98 Å². The zero-order chi connectivity index (χ0) is 11.3. The molecular weight excluding hydrogens is 254 g/mol. The average Bonchev–Trinajstić information content (AvgIpc) is 2.23. The summed E-state index contributed by atoms with van der Waals surface area (Å²) >= 11 is 3.61. The van der Waals surface area contributed by atoms with Crippen molar-refractivity contribution >= 4 is 21.7 Å². The molecule has 4 heteroatoms. The fourth-order valence-corrected chi connectivity index (χ4v) is 1.49. The lowest BCUT2D eigenvalue weighted by Gasteiger charge is -2.10. The van der Waals surface area contributed by atoms with Gasteiger partial charge in [-0.2, -0.15) is 0 Å². The van der Waals surface area contributed by atoms with Crippen LogP contribution in [0, 0.1) is 13.8 Å². The molecule has 0 saturated carbocycles. The highest BCUT2D eigenvalue weighted by atomic mass is 79.9. The molecule has 1 aromatic heterocycles. The van der Waals surface area contributed by atoms with Gasteiger partial charge < -0.3 is 5.32 Å². The van der Waals surface area contributed by atoms with Gasteiger partial charge in [0.2, 0.25) is 0 Å². The van der Waals surface area contributed by atoms with Gasteiger partial charge in [-0.25, -0.2) is 4.98 Å². The van der Waals surface area contributed by atoms with Gasteiger partial charge in [0.1, 0.15) is 5.82 Å². The standard InChI is InChI=1S/C11H18BrN3/c1-4-10(12)5-6-13-11-9(3)14-7-8(2)15-11/h7,10H,4-6H2,1-3H3,(H,13,15). The van der Waals surface area contributed by atoms with E-state index in [1.165, 1.54) is 0 Å². The summed E-state index contributed by atoms with van der Waals surface area (Å²) in [5.41, 5.74) is 1.91. The summed E-state index contributed by atoms with van der Waals surface area (Å²) < 4.78 is 0. The second-order valence-electron chi connectivity index (χ2n) is 3.67. The summed E-state index contributed by atoms with van der Waals surface area (Å²) in [4.78, 5) is 9.25. The molecule has 84 valence electrons. The van der Waals surface area contributed by atoms with Gasteiger partial charge in [-0.15, -0.1) is 0 Å². The Bertz CT molecular complexity index is 315. The zero-order valence-electron chi connectivity index (χ0n) is 9.55. The molecule has 0 fully saturated rings. The van der Waals surface area contributed by atoms with Crippen molar-refractivity contribution in [2.24, 2.45) is 0 Å². The van der Waals surface area contributed by atoms with E-state index in [-0.39, 0.29) is 0 Å². The van der Waals surface area contributed by atoms with Gasteiger partial charge in [0.05, 0.1) is 11.4 Å². The van der Waals surface area contributed by atoms with E-state index in [4.69, 9.17) is 0 Å². The first-order valence-corrected chi connectivity index (χ1v) is 6.23. The van der Waals surface area contributed by atoms with E-state index in [1.54, 1.807) is 6.20 Å². The van der Waals surface area contributed by atoms with Gasteiger partial charge in [0, 0.05) is 17.6 Å². The number of anilines is 1. The molecular formula is C11H18BrN3. The predicted molar refractivity (Wildman–Crippen MR) is 67.6 cm³/mol. The molecule has 1 unspecified atom stereocenters. The van der Waals surface area contributed by atoms with E-state index < -0.39 is 0 Å². The molecule has 0 aromatic carbocycles. The Hall–Kier alpha value is -0.640. The molecule has 1 atom stereocenters. The Morgan fingerprint density at radius 2 is 2.20 bits per heavy atom. The number of hydrogen-bond donors (Lipinski definition) is 1. The summed E-state index contributed by atoms with van der Waals surface area (Å²) in [5.74, 6) is 0.908. The van der Waals surface area contributed by atoms with Crippen LogP contribution in [0.4, 0.5) is 5.82 Å². The molecule has 0 aliphatic heterocycles. The molecule has 0 aliphatic carbocycles. The summed E-state index contributed by atoms with van der Waals surface area (Å²) in [6.45, 7) is 7.04. The first kappa shape index (κ1) is 12.4. The van der Waals surface area contributed by atoms with Crippen molar-refractivity contribution in [3.05, 3.63) is 17.6 Å². The van der Waals surface area contributed by atoms with Gasteiger partial charge >= 0.3 is 0 Å². The van der Waals surface area contributed by atoms with Gasteiger partial charge in [0.15, 0.2) is 0 Å². The van der Waals surface area contributed by atoms with Crippen LogP contribution in [0.2, 0.25) is 0 Å². The highest BCUT2D eigenvalue weighted by Crippen LogP contribution is 2.12. The molecule has 0 spiro atoms. The van der Waals surface area contributed by atoms with Gasteiger partial charge in [0.25, 0.3) is 0 Å². The summed E-state index contributed by atoms with van der Waals surface area (Å²) in [7, 11) is 0. The van der Waals surface area contributed by atoms with E-state index in [0.717, 1.165) is 36.6 Å². The van der Waals surface area contributed by atoms with Crippen LogP contribution in [0.25, 0.3) is 0 Å². The normalized spacial score (nSPS) is 12.5. The first-order valence-electron chi connectivity index (χ1n) is 5.31. The van der Waals surface area contributed by atoms with Crippen LogP contribution >= 0.6 is 15.9 Å². The minimum atomic E-state index is 0.586. The lowest BCUT2D eigenvalue weighted by atomic mass is 10.2. The summed E-state index contributed by atoms with van der Waals surface area (Å²) in [5, 5.41) is 3.32. The van der Waals surface area contributed by atoms with E-state index in [1.807, 2.05) is 13.8 Å². The number of aryl methyl sites for hydroxylation is 2. The number of hydrogen-bond acceptors (Lipinski definition) is 3. The topological polar surface area (TPSA) is 37.8 Å². The third kappa shape index (κ3) is 4.16. The molecule has 1 N–H and O–H groups in total. The minimum Gasteiger partial charge on any atom is -0.369 e. The van der Waals surface area contributed by atoms with Crippen LogP contribution in [0.15, 0.2) is 6.20 Å². The second kappa shape index (κ2) is 6.05. The molecule has 0 radical (unpaired) electrons. The third-order valence-electron chi connectivity index (χ3n) is 2.27. The van der Waals surface area contributed by atoms with Gasteiger partial charge in [-0.05, 0) is 26.7 Å². The smallest absolute Gasteiger partial charge is 0.147 e.